The second-order valence-corrected chi connectivity index (χ2v) is 7.08. The first-order chi connectivity index (χ1) is 12.5. The maximum atomic E-state index is 13.0. The molecule has 148 valence electrons. The molecule has 0 bridgehead atoms. The van der Waals surface area contributed by atoms with Gasteiger partial charge in [0, 0.05) is 12.1 Å². The number of nitrogens with zero attached hydrogens (tertiary/aromatic N) is 2. The standard InChI is InChI=1S/C15H18F3N5O3S/c1-3-9(2)19-14-20-12(15(16,17)18)8-13(21-14)23-22-10-4-6-11(7-5-10)27(24,25)26/h4-9,22H,3H2,1-2H3,(H,24,25,26)(H2,19,20,21,23)/t9-/m0/s1. The maximum absolute atomic E-state index is 13.0. The van der Waals surface area contributed by atoms with E-state index < -0.39 is 22.0 Å². The molecule has 0 spiro atoms. The summed E-state index contributed by atoms with van der Waals surface area (Å²) in [7, 11) is -4.33. The van der Waals surface area contributed by atoms with E-state index in [0.717, 1.165) is 18.2 Å². The lowest BCUT2D eigenvalue weighted by atomic mass is 10.3. The molecule has 1 atom stereocenters. The Balaban J connectivity index is 2.20. The lowest BCUT2D eigenvalue weighted by Gasteiger charge is -2.16. The largest absolute Gasteiger partial charge is 0.433 e. The van der Waals surface area contributed by atoms with Crippen molar-refractivity contribution in [2.24, 2.45) is 0 Å². The van der Waals surface area contributed by atoms with Gasteiger partial charge in [-0.1, -0.05) is 6.92 Å². The molecule has 1 aromatic carbocycles. The number of halogens is 3. The first-order valence-corrected chi connectivity index (χ1v) is 9.25. The molecule has 0 saturated heterocycles. The smallest absolute Gasteiger partial charge is 0.352 e. The van der Waals surface area contributed by atoms with Gasteiger partial charge in [0.25, 0.3) is 10.1 Å². The van der Waals surface area contributed by atoms with E-state index >= 15 is 0 Å². The zero-order valence-corrected chi connectivity index (χ0v) is 15.2. The van der Waals surface area contributed by atoms with E-state index in [1.807, 2.05) is 6.92 Å². The Bertz CT molecular complexity index is 889. The fourth-order valence-corrected chi connectivity index (χ4v) is 2.37. The van der Waals surface area contributed by atoms with Crippen molar-refractivity contribution < 1.29 is 26.1 Å². The SMILES string of the molecule is CC[C@H](C)Nc1nc(NNc2ccc(S(=O)(=O)O)cc2)cc(C(F)(F)F)n1. The molecule has 8 nitrogen and oxygen atoms in total. The molecule has 1 aromatic heterocycles. The van der Waals surface area contributed by atoms with E-state index in [2.05, 4.69) is 26.1 Å². The highest BCUT2D eigenvalue weighted by Gasteiger charge is 2.33. The molecule has 4 N–H and O–H groups in total. The molecule has 0 saturated carbocycles. The third kappa shape index (κ3) is 5.96. The third-order valence-corrected chi connectivity index (χ3v) is 4.36. The summed E-state index contributed by atoms with van der Waals surface area (Å²) in [6.45, 7) is 3.65. The Labute approximate surface area is 153 Å². The third-order valence-electron chi connectivity index (χ3n) is 3.49. The number of benzene rings is 1. The van der Waals surface area contributed by atoms with Gasteiger partial charge in [-0.25, -0.2) is 4.98 Å². The second-order valence-electron chi connectivity index (χ2n) is 5.66. The monoisotopic (exact) mass is 405 g/mol. The van der Waals surface area contributed by atoms with Crippen LogP contribution in [0.1, 0.15) is 26.0 Å². The maximum Gasteiger partial charge on any atom is 0.433 e. The minimum absolute atomic E-state index is 0.123. The van der Waals surface area contributed by atoms with Crippen molar-refractivity contribution in [3.63, 3.8) is 0 Å². The van der Waals surface area contributed by atoms with Gasteiger partial charge in [-0.2, -0.15) is 26.6 Å². The van der Waals surface area contributed by atoms with Crippen LogP contribution >= 0.6 is 0 Å². The predicted octanol–water partition coefficient (Wildman–Crippen LogP) is 3.39. The van der Waals surface area contributed by atoms with Gasteiger partial charge in [-0.05, 0) is 37.6 Å². The van der Waals surface area contributed by atoms with Crippen LogP contribution in [0.5, 0.6) is 0 Å². The highest BCUT2D eigenvalue weighted by molar-refractivity contribution is 7.85. The Hall–Kier alpha value is -2.60. The molecule has 1 heterocycles. The number of hydrazine groups is 1. The molecule has 0 amide bonds. The molecule has 0 aliphatic heterocycles. The summed E-state index contributed by atoms with van der Waals surface area (Å²) in [5, 5.41) is 2.78. The fraction of sp³-hybridized carbons (Fsp3) is 0.333. The number of hydrogen-bond donors (Lipinski definition) is 4. The second kappa shape index (κ2) is 7.96. The first kappa shape index (κ1) is 20.7. The van der Waals surface area contributed by atoms with E-state index in [1.54, 1.807) is 6.92 Å². The molecular weight excluding hydrogens is 387 g/mol. The van der Waals surface area contributed by atoms with Crippen molar-refractivity contribution in [1.29, 1.82) is 0 Å². The number of anilines is 3. The van der Waals surface area contributed by atoms with Gasteiger partial charge in [-0.15, -0.1) is 0 Å². The molecule has 0 aliphatic carbocycles. The number of hydrogen-bond acceptors (Lipinski definition) is 7. The van der Waals surface area contributed by atoms with E-state index in [4.69, 9.17) is 4.55 Å². The Morgan fingerprint density at radius 1 is 1.15 bits per heavy atom. The molecule has 12 heteroatoms. The topological polar surface area (TPSA) is 116 Å². The zero-order valence-electron chi connectivity index (χ0n) is 14.4. The molecule has 0 aliphatic rings. The van der Waals surface area contributed by atoms with Gasteiger partial charge in [0.2, 0.25) is 5.95 Å². The molecule has 2 rings (SSSR count). The van der Waals surface area contributed by atoms with Crippen molar-refractivity contribution in [2.45, 2.75) is 37.4 Å². The molecule has 2 aromatic rings. The number of aromatic nitrogens is 2. The lowest BCUT2D eigenvalue weighted by molar-refractivity contribution is -0.141. The number of rotatable bonds is 7. The summed E-state index contributed by atoms with van der Waals surface area (Å²) in [6, 6.07) is 5.52. The van der Waals surface area contributed by atoms with Gasteiger partial charge in [0.15, 0.2) is 11.5 Å². The summed E-state index contributed by atoms with van der Waals surface area (Å²) in [4.78, 5) is 7.14. The number of alkyl halides is 3. The molecule has 0 unspecified atom stereocenters. The van der Waals surface area contributed by atoms with Crippen LogP contribution in [0.3, 0.4) is 0 Å². The molecule has 27 heavy (non-hydrogen) atoms. The lowest BCUT2D eigenvalue weighted by Crippen LogP contribution is -2.20. The Morgan fingerprint density at radius 2 is 1.78 bits per heavy atom. The van der Waals surface area contributed by atoms with Crippen LogP contribution in [0.15, 0.2) is 35.2 Å². The van der Waals surface area contributed by atoms with Crippen molar-refractivity contribution in [3.05, 3.63) is 36.0 Å². The normalized spacial score (nSPS) is 13.1. The van der Waals surface area contributed by atoms with Crippen molar-refractivity contribution in [2.75, 3.05) is 16.2 Å². The van der Waals surface area contributed by atoms with Crippen LogP contribution in [-0.2, 0) is 16.3 Å². The van der Waals surface area contributed by atoms with Gasteiger partial charge < -0.3 is 5.32 Å². The number of nitrogens with one attached hydrogen (secondary N) is 3. The predicted molar refractivity (Wildman–Crippen MR) is 93.9 cm³/mol. The van der Waals surface area contributed by atoms with E-state index in [-0.39, 0.29) is 22.7 Å². The average Bonchev–Trinajstić information content (AvgIpc) is 2.58. The van der Waals surface area contributed by atoms with Crippen molar-refractivity contribution >= 4 is 27.6 Å². The first-order valence-electron chi connectivity index (χ1n) is 7.81. The summed E-state index contributed by atoms with van der Waals surface area (Å²) in [5.74, 6) is -0.313. The fourth-order valence-electron chi connectivity index (χ4n) is 1.89. The highest BCUT2D eigenvalue weighted by atomic mass is 32.2. The van der Waals surface area contributed by atoms with E-state index in [9.17, 15) is 21.6 Å². The van der Waals surface area contributed by atoms with E-state index in [1.165, 1.54) is 12.1 Å². The summed E-state index contributed by atoms with van der Waals surface area (Å²) in [6.07, 6.45) is -3.98. The van der Waals surface area contributed by atoms with Gasteiger partial charge in [0.1, 0.15) is 0 Å². The minimum atomic E-state index is -4.65. The molecule has 0 radical (unpaired) electrons. The highest BCUT2D eigenvalue weighted by Crippen LogP contribution is 2.30. The van der Waals surface area contributed by atoms with Crippen LogP contribution in [0.25, 0.3) is 0 Å². The minimum Gasteiger partial charge on any atom is -0.352 e. The molecular formula is C15H18F3N5O3S. The van der Waals surface area contributed by atoms with E-state index in [0.29, 0.717) is 12.1 Å². The quantitative estimate of drug-likeness (QED) is 0.409. The average molecular weight is 405 g/mol. The Kier molecular flexibility index (Phi) is 6.11. The van der Waals surface area contributed by atoms with Gasteiger partial charge >= 0.3 is 6.18 Å². The zero-order chi connectivity index (χ0) is 20.2. The Morgan fingerprint density at radius 3 is 2.30 bits per heavy atom. The van der Waals surface area contributed by atoms with Crippen LogP contribution in [0, 0.1) is 0 Å². The summed E-state index contributed by atoms with van der Waals surface area (Å²) < 4.78 is 70.0. The van der Waals surface area contributed by atoms with Crippen LogP contribution in [-0.4, -0.2) is 29.0 Å². The van der Waals surface area contributed by atoms with Gasteiger partial charge in [0.05, 0.1) is 10.6 Å². The van der Waals surface area contributed by atoms with Crippen molar-refractivity contribution in [3.8, 4) is 0 Å². The van der Waals surface area contributed by atoms with Gasteiger partial charge in [-0.3, -0.25) is 15.4 Å². The van der Waals surface area contributed by atoms with Crippen LogP contribution in [0.4, 0.5) is 30.6 Å². The van der Waals surface area contributed by atoms with Crippen LogP contribution < -0.4 is 16.2 Å². The summed E-state index contributed by atoms with van der Waals surface area (Å²) in [5.41, 5.74) is 4.33. The van der Waals surface area contributed by atoms with Crippen LogP contribution in [0.2, 0.25) is 0 Å². The van der Waals surface area contributed by atoms with Crippen molar-refractivity contribution in [1.82, 2.24) is 9.97 Å². The summed E-state index contributed by atoms with van der Waals surface area (Å²) >= 11 is 0. The molecule has 0 fully saturated rings.